The SMILES string of the molecule is COc1ccc(Cl)cc1C(=O)Nc1cc2c(cc1N1CCCCC1)n(C)c(=O)c(=O)n2C. The van der Waals surface area contributed by atoms with Gasteiger partial charge < -0.3 is 24.1 Å². The van der Waals surface area contributed by atoms with Gasteiger partial charge in [-0.25, -0.2) is 0 Å². The molecule has 1 N–H and O–H groups in total. The van der Waals surface area contributed by atoms with Crippen LogP contribution in [0.5, 0.6) is 5.75 Å². The Bertz CT molecular complexity index is 1320. The van der Waals surface area contributed by atoms with Gasteiger partial charge in [-0.2, -0.15) is 0 Å². The van der Waals surface area contributed by atoms with E-state index in [1.54, 1.807) is 38.4 Å². The van der Waals surface area contributed by atoms with Gasteiger partial charge in [0.15, 0.2) is 0 Å². The van der Waals surface area contributed by atoms with Gasteiger partial charge in [0.05, 0.1) is 35.1 Å². The summed E-state index contributed by atoms with van der Waals surface area (Å²) in [6.45, 7) is 1.68. The number of aromatic nitrogens is 2. The van der Waals surface area contributed by atoms with E-state index in [0.717, 1.165) is 38.0 Å². The van der Waals surface area contributed by atoms with E-state index < -0.39 is 11.1 Å². The van der Waals surface area contributed by atoms with Gasteiger partial charge in [0, 0.05) is 32.2 Å². The molecule has 32 heavy (non-hydrogen) atoms. The van der Waals surface area contributed by atoms with Crippen molar-refractivity contribution in [2.24, 2.45) is 14.1 Å². The van der Waals surface area contributed by atoms with Crippen molar-refractivity contribution in [1.29, 1.82) is 0 Å². The van der Waals surface area contributed by atoms with Crippen LogP contribution >= 0.6 is 11.6 Å². The standard InChI is InChI=1S/C23H25ClN4O4/c1-26-18-12-16(25-21(29)15-11-14(24)7-8-20(15)32-3)17(28-9-5-4-6-10-28)13-19(18)27(2)23(31)22(26)30/h7-8,11-13H,4-6,9-10H2,1-3H3,(H,25,29). The summed E-state index contributed by atoms with van der Waals surface area (Å²) in [5.41, 5.74) is 1.62. The Labute approximate surface area is 190 Å². The van der Waals surface area contributed by atoms with Crippen molar-refractivity contribution in [2.75, 3.05) is 30.4 Å². The van der Waals surface area contributed by atoms with Crippen LogP contribution in [-0.2, 0) is 14.1 Å². The molecule has 0 radical (unpaired) electrons. The molecular weight excluding hydrogens is 432 g/mol. The summed E-state index contributed by atoms with van der Waals surface area (Å²) >= 11 is 6.11. The number of nitrogens with one attached hydrogen (secondary N) is 1. The quantitative estimate of drug-likeness (QED) is 0.609. The minimum atomic E-state index is -0.625. The summed E-state index contributed by atoms with van der Waals surface area (Å²) in [7, 11) is 4.63. The molecule has 0 bridgehead atoms. The van der Waals surface area contributed by atoms with E-state index >= 15 is 0 Å². The fourth-order valence-corrected chi connectivity index (χ4v) is 4.32. The van der Waals surface area contributed by atoms with Crippen molar-refractivity contribution >= 4 is 39.9 Å². The number of piperidine rings is 1. The summed E-state index contributed by atoms with van der Waals surface area (Å²) in [5.74, 6) is 0.0267. The zero-order valence-corrected chi connectivity index (χ0v) is 19.0. The van der Waals surface area contributed by atoms with E-state index in [1.807, 2.05) is 6.07 Å². The molecule has 168 valence electrons. The molecule has 2 aromatic carbocycles. The number of aryl methyl sites for hydroxylation is 2. The number of benzene rings is 2. The Kier molecular flexibility index (Phi) is 5.97. The number of ether oxygens (including phenoxy) is 1. The molecule has 4 rings (SSSR count). The summed E-state index contributed by atoms with van der Waals surface area (Å²) in [6, 6.07) is 8.46. The van der Waals surface area contributed by atoms with Gasteiger partial charge in [0.25, 0.3) is 5.91 Å². The van der Waals surface area contributed by atoms with E-state index in [1.165, 1.54) is 16.2 Å². The number of fused-ring (bicyclic) bond motifs is 1. The number of halogens is 1. The number of methoxy groups -OCH3 is 1. The number of carbonyl (C=O) groups excluding carboxylic acids is 1. The number of hydrogen-bond donors (Lipinski definition) is 1. The molecule has 3 aromatic rings. The van der Waals surface area contributed by atoms with Crippen molar-refractivity contribution in [2.45, 2.75) is 19.3 Å². The summed E-state index contributed by atoms with van der Waals surface area (Å²) in [6.07, 6.45) is 3.23. The third kappa shape index (κ3) is 3.86. The molecule has 1 amide bonds. The first-order chi connectivity index (χ1) is 15.3. The zero-order chi connectivity index (χ0) is 23.0. The summed E-state index contributed by atoms with van der Waals surface area (Å²) < 4.78 is 8.00. The van der Waals surface area contributed by atoms with Crippen LogP contribution < -0.4 is 26.1 Å². The largest absolute Gasteiger partial charge is 0.496 e. The molecule has 1 fully saturated rings. The molecule has 0 aliphatic carbocycles. The smallest absolute Gasteiger partial charge is 0.316 e. The Morgan fingerprint density at radius 2 is 1.59 bits per heavy atom. The molecule has 9 heteroatoms. The average molecular weight is 457 g/mol. The Morgan fingerprint density at radius 1 is 0.969 bits per heavy atom. The van der Waals surface area contributed by atoms with Crippen molar-refractivity contribution in [3.8, 4) is 5.75 Å². The van der Waals surface area contributed by atoms with Crippen molar-refractivity contribution in [3.05, 3.63) is 61.6 Å². The molecule has 0 atom stereocenters. The van der Waals surface area contributed by atoms with E-state index in [-0.39, 0.29) is 5.91 Å². The van der Waals surface area contributed by atoms with Crippen LogP contribution in [0.25, 0.3) is 11.0 Å². The molecule has 1 saturated heterocycles. The number of nitrogens with zero attached hydrogens (tertiary/aromatic N) is 3. The molecule has 1 aliphatic heterocycles. The van der Waals surface area contributed by atoms with Crippen LogP contribution in [0.1, 0.15) is 29.6 Å². The predicted molar refractivity (Wildman–Crippen MR) is 126 cm³/mol. The number of anilines is 2. The minimum absolute atomic E-state index is 0.305. The molecule has 1 aliphatic rings. The topological polar surface area (TPSA) is 85.6 Å². The minimum Gasteiger partial charge on any atom is -0.496 e. The normalized spacial score (nSPS) is 13.9. The van der Waals surface area contributed by atoms with Crippen molar-refractivity contribution in [1.82, 2.24) is 9.13 Å². The highest BCUT2D eigenvalue weighted by Crippen LogP contribution is 2.33. The Morgan fingerprint density at radius 3 is 2.22 bits per heavy atom. The number of amides is 1. The van der Waals surface area contributed by atoms with Gasteiger partial charge in [0.1, 0.15) is 5.75 Å². The van der Waals surface area contributed by atoms with E-state index in [9.17, 15) is 14.4 Å². The van der Waals surface area contributed by atoms with E-state index in [0.29, 0.717) is 33.1 Å². The Hall–Kier alpha value is -3.26. The van der Waals surface area contributed by atoms with Crippen molar-refractivity contribution in [3.63, 3.8) is 0 Å². The maximum atomic E-state index is 13.2. The molecule has 8 nitrogen and oxygen atoms in total. The average Bonchev–Trinajstić information content (AvgIpc) is 2.81. The molecule has 1 aromatic heterocycles. The first-order valence-corrected chi connectivity index (χ1v) is 10.8. The highest BCUT2D eigenvalue weighted by Gasteiger charge is 2.21. The van der Waals surface area contributed by atoms with Crippen LogP contribution in [0.15, 0.2) is 39.9 Å². The lowest BCUT2D eigenvalue weighted by molar-refractivity contribution is 0.102. The van der Waals surface area contributed by atoms with Gasteiger partial charge in [0.2, 0.25) is 0 Å². The molecule has 0 saturated carbocycles. The second-order valence-corrected chi connectivity index (χ2v) is 8.37. The lowest BCUT2D eigenvalue weighted by Crippen LogP contribution is -2.39. The lowest BCUT2D eigenvalue weighted by atomic mass is 10.1. The highest BCUT2D eigenvalue weighted by atomic mass is 35.5. The fraction of sp³-hybridized carbons (Fsp3) is 0.348. The van der Waals surface area contributed by atoms with Crippen LogP contribution in [0.3, 0.4) is 0 Å². The van der Waals surface area contributed by atoms with E-state index in [2.05, 4.69) is 10.2 Å². The first kappa shape index (κ1) is 22.0. The third-order valence-corrected chi connectivity index (χ3v) is 6.19. The second-order valence-electron chi connectivity index (χ2n) is 7.93. The number of carbonyl (C=O) groups is 1. The van der Waals surface area contributed by atoms with Crippen LogP contribution in [0, 0.1) is 0 Å². The molecular formula is C23H25ClN4O4. The first-order valence-electron chi connectivity index (χ1n) is 10.5. The fourth-order valence-electron chi connectivity index (χ4n) is 4.15. The zero-order valence-electron chi connectivity index (χ0n) is 18.3. The van der Waals surface area contributed by atoms with Crippen molar-refractivity contribution < 1.29 is 9.53 Å². The van der Waals surface area contributed by atoms with Gasteiger partial charge in [-0.05, 0) is 49.6 Å². The van der Waals surface area contributed by atoms with Crippen LogP contribution in [-0.4, -0.2) is 35.2 Å². The second kappa shape index (κ2) is 8.70. The Balaban J connectivity index is 1.88. The highest BCUT2D eigenvalue weighted by molar-refractivity contribution is 6.31. The van der Waals surface area contributed by atoms with Crippen LogP contribution in [0.2, 0.25) is 5.02 Å². The summed E-state index contributed by atoms with van der Waals surface area (Å²) in [4.78, 5) is 40.1. The maximum absolute atomic E-state index is 13.2. The van der Waals surface area contributed by atoms with Gasteiger partial charge in [-0.3, -0.25) is 14.4 Å². The van der Waals surface area contributed by atoms with Gasteiger partial charge in [-0.1, -0.05) is 11.6 Å². The number of hydrogen-bond acceptors (Lipinski definition) is 5. The van der Waals surface area contributed by atoms with Gasteiger partial charge in [-0.15, -0.1) is 0 Å². The summed E-state index contributed by atoms with van der Waals surface area (Å²) in [5, 5.41) is 3.40. The van der Waals surface area contributed by atoms with Gasteiger partial charge >= 0.3 is 11.1 Å². The predicted octanol–water partition coefficient (Wildman–Crippen LogP) is 3.14. The van der Waals surface area contributed by atoms with Crippen LogP contribution in [0.4, 0.5) is 11.4 Å². The number of rotatable bonds is 4. The maximum Gasteiger partial charge on any atom is 0.316 e. The monoisotopic (exact) mass is 456 g/mol. The molecule has 0 spiro atoms. The third-order valence-electron chi connectivity index (χ3n) is 5.96. The van der Waals surface area contributed by atoms with E-state index in [4.69, 9.17) is 16.3 Å². The lowest BCUT2D eigenvalue weighted by Gasteiger charge is -2.31. The molecule has 2 heterocycles. The molecule has 0 unspecified atom stereocenters.